The van der Waals surface area contributed by atoms with E-state index in [2.05, 4.69) is 5.32 Å². The molecule has 4 nitrogen and oxygen atoms in total. The van der Waals surface area contributed by atoms with E-state index in [1.807, 2.05) is 12.1 Å². The molecule has 0 aliphatic carbocycles. The first-order valence-electron chi connectivity index (χ1n) is 6.32. The van der Waals surface area contributed by atoms with Crippen molar-refractivity contribution in [2.45, 2.75) is 12.8 Å². The highest BCUT2D eigenvalue weighted by Gasteiger charge is 2.16. The molecule has 1 heterocycles. The summed E-state index contributed by atoms with van der Waals surface area (Å²) in [5.74, 6) is 0.770. The summed E-state index contributed by atoms with van der Waals surface area (Å²) in [6, 6.07) is 7.20. The molecule has 1 fully saturated rings. The van der Waals surface area contributed by atoms with Gasteiger partial charge in [0, 0.05) is 12.5 Å². The van der Waals surface area contributed by atoms with Crippen LogP contribution in [0.1, 0.15) is 23.2 Å². The Hall–Kier alpha value is -1.55. The lowest BCUT2D eigenvalue weighted by atomic mass is 10.0. The average molecular weight is 249 g/mol. The van der Waals surface area contributed by atoms with E-state index >= 15 is 0 Å². The number of hydrogen-bond acceptors (Lipinski definition) is 4. The van der Waals surface area contributed by atoms with Crippen molar-refractivity contribution in [1.82, 2.24) is 5.32 Å². The number of carbonyl (C=O) groups is 1. The van der Waals surface area contributed by atoms with Crippen LogP contribution in [0.4, 0.5) is 0 Å². The maximum atomic E-state index is 11.6. The molecule has 1 unspecified atom stereocenters. The third kappa shape index (κ3) is 3.23. The number of carbonyl (C=O) groups excluding carboxylic acids is 1. The quantitative estimate of drug-likeness (QED) is 0.827. The second-order valence-electron chi connectivity index (χ2n) is 4.51. The van der Waals surface area contributed by atoms with Crippen LogP contribution in [0, 0.1) is 5.92 Å². The van der Waals surface area contributed by atoms with Gasteiger partial charge in [0.15, 0.2) is 0 Å². The molecule has 1 N–H and O–H groups in total. The van der Waals surface area contributed by atoms with E-state index in [1.165, 1.54) is 20.0 Å². The topological polar surface area (TPSA) is 47.6 Å². The molecule has 0 bridgehead atoms. The van der Waals surface area contributed by atoms with Crippen molar-refractivity contribution in [3.63, 3.8) is 0 Å². The summed E-state index contributed by atoms with van der Waals surface area (Å²) in [7, 11) is 1.38. The highest BCUT2D eigenvalue weighted by Crippen LogP contribution is 2.20. The summed E-state index contributed by atoms with van der Waals surface area (Å²) >= 11 is 0. The van der Waals surface area contributed by atoms with Gasteiger partial charge in [0.05, 0.1) is 13.7 Å². The summed E-state index contributed by atoms with van der Waals surface area (Å²) in [5, 5.41) is 3.35. The number of methoxy groups -OCH3 is 1. The zero-order valence-corrected chi connectivity index (χ0v) is 10.6. The molecule has 0 spiro atoms. The third-order valence-electron chi connectivity index (χ3n) is 3.17. The molecule has 4 heteroatoms. The molecule has 1 atom stereocenters. The molecule has 0 aromatic heterocycles. The molecule has 0 radical (unpaired) electrons. The molecular formula is C14H19NO3. The molecule has 18 heavy (non-hydrogen) atoms. The molecule has 1 aromatic carbocycles. The summed E-state index contributed by atoms with van der Waals surface area (Å²) in [6.07, 6.45) is 2.36. The largest absolute Gasteiger partial charge is 0.492 e. The van der Waals surface area contributed by atoms with Crippen LogP contribution in [0.3, 0.4) is 0 Å². The van der Waals surface area contributed by atoms with Crippen LogP contribution < -0.4 is 10.1 Å². The van der Waals surface area contributed by atoms with Crippen molar-refractivity contribution < 1.29 is 14.3 Å². The molecule has 0 saturated carbocycles. The van der Waals surface area contributed by atoms with Crippen molar-refractivity contribution in [1.29, 1.82) is 0 Å². The lowest BCUT2D eigenvalue weighted by molar-refractivity contribution is 0.0594. The normalized spacial score (nSPS) is 19.3. The predicted octanol–water partition coefficient (Wildman–Crippen LogP) is 1.85. The summed E-state index contributed by atoms with van der Waals surface area (Å²) in [6.45, 7) is 2.72. The number of para-hydroxylation sites is 1. The average Bonchev–Trinajstić information content (AvgIpc) is 2.45. The Morgan fingerprint density at radius 3 is 3.00 bits per heavy atom. The van der Waals surface area contributed by atoms with Gasteiger partial charge in [0.25, 0.3) is 0 Å². The Labute approximate surface area is 107 Å². The van der Waals surface area contributed by atoms with Crippen LogP contribution in [-0.4, -0.2) is 32.8 Å². The Morgan fingerprint density at radius 1 is 1.44 bits per heavy atom. The van der Waals surface area contributed by atoms with Gasteiger partial charge < -0.3 is 14.8 Å². The van der Waals surface area contributed by atoms with E-state index in [1.54, 1.807) is 12.1 Å². The number of ether oxygens (including phenoxy) is 2. The highest BCUT2D eigenvalue weighted by atomic mass is 16.5. The standard InChI is InChI=1S/C14H19NO3/c1-17-14(16)12-6-2-3-7-13(12)18-10-11-5-4-8-15-9-11/h2-3,6-7,11,15H,4-5,8-10H2,1H3. The Morgan fingerprint density at radius 2 is 2.28 bits per heavy atom. The number of esters is 1. The van der Waals surface area contributed by atoms with Crippen LogP contribution in [0.2, 0.25) is 0 Å². The first-order chi connectivity index (χ1) is 8.81. The van der Waals surface area contributed by atoms with E-state index in [9.17, 15) is 4.79 Å². The van der Waals surface area contributed by atoms with Gasteiger partial charge in [-0.1, -0.05) is 12.1 Å². The van der Waals surface area contributed by atoms with Gasteiger partial charge >= 0.3 is 5.97 Å². The van der Waals surface area contributed by atoms with Crippen LogP contribution in [0.15, 0.2) is 24.3 Å². The van der Waals surface area contributed by atoms with Crippen molar-refractivity contribution in [2.24, 2.45) is 5.92 Å². The van der Waals surface area contributed by atoms with Crippen molar-refractivity contribution in [2.75, 3.05) is 26.8 Å². The van der Waals surface area contributed by atoms with Crippen LogP contribution in [-0.2, 0) is 4.74 Å². The zero-order valence-electron chi connectivity index (χ0n) is 10.6. The lowest BCUT2D eigenvalue weighted by Gasteiger charge is -2.23. The minimum Gasteiger partial charge on any atom is -0.492 e. The summed E-state index contributed by atoms with van der Waals surface area (Å²) in [5.41, 5.74) is 0.490. The molecule has 1 aliphatic rings. The first-order valence-corrected chi connectivity index (χ1v) is 6.32. The monoisotopic (exact) mass is 249 g/mol. The molecule has 1 saturated heterocycles. The Balaban J connectivity index is 1.97. The first kappa shape index (κ1) is 12.9. The van der Waals surface area contributed by atoms with E-state index in [-0.39, 0.29) is 5.97 Å². The van der Waals surface area contributed by atoms with Crippen molar-refractivity contribution in [3.05, 3.63) is 29.8 Å². The van der Waals surface area contributed by atoms with Crippen LogP contribution in [0.25, 0.3) is 0 Å². The summed E-state index contributed by atoms with van der Waals surface area (Å²) < 4.78 is 10.5. The second kappa shape index (κ2) is 6.40. The van der Waals surface area contributed by atoms with Gasteiger partial charge in [-0.3, -0.25) is 0 Å². The van der Waals surface area contributed by atoms with E-state index in [0.29, 0.717) is 23.8 Å². The molecule has 1 aromatic rings. The molecular weight excluding hydrogens is 230 g/mol. The van der Waals surface area contributed by atoms with Gasteiger partial charge in [-0.05, 0) is 31.5 Å². The number of hydrogen-bond donors (Lipinski definition) is 1. The molecule has 2 rings (SSSR count). The maximum absolute atomic E-state index is 11.6. The zero-order chi connectivity index (χ0) is 12.8. The summed E-state index contributed by atoms with van der Waals surface area (Å²) in [4.78, 5) is 11.6. The fourth-order valence-corrected chi connectivity index (χ4v) is 2.14. The second-order valence-corrected chi connectivity index (χ2v) is 4.51. The number of nitrogens with one attached hydrogen (secondary N) is 1. The van der Waals surface area contributed by atoms with Crippen LogP contribution >= 0.6 is 0 Å². The lowest BCUT2D eigenvalue weighted by Crippen LogP contribution is -2.33. The SMILES string of the molecule is COC(=O)c1ccccc1OCC1CCCNC1. The van der Waals surface area contributed by atoms with Crippen molar-refractivity contribution in [3.8, 4) is 5.75 Å². The molecule has 1 aliphatic heterocycles. The van der Waals surface area contributed by atoms with Crippen molar-refractivity contribution >= 4 is 5.97 Å². The fourth-order valence-electron chi connectivity index (χ4n) is 2.14. The van der Waals surface area contributed by atoms with Gasteiger partial charge in [-0.25, -0.2) is 4.79 Å². The Bertz CT molecular complexity index is 400. The predicted molar refractivity (Wildman–Crippen MR) is 68.9 cm³/mol. The van der Waals surface area contributed by atoms with E-state index in [4.69, 9.17) is 9.47 Å². The van der Waals surface area contributed by atoms with Gasteiger partial charge in [0.2, 0.25) is 0 Å². The third-order valence-corrected chi connectivity index (χ3v) is 3.17. The van der Waals surface area contributed by atoms with Crippen LogP contribution in [0.5, 0.6) is 5.75 Å². The maximum Gasteiger partial charge on any atom is 0.341 e. The number of benzene rings is 1. The van der Waals surface area contributed by atoms with E-state index < -0.39 is 0 Å². The molecule has 98 valence electrons. The number of piperidine rings is 1. The fraction of sp³-hybridized carbons (Fsp3) is 0.500. The highest BCUT2D eigenvalue weighted by molar-refractivity contribution is 5.92. The van der Waals surface area contributed by atoms with Gasteiger partial charge in [-0.2, -0.15) is 0 Å². The van der Waals surface area contributed by atoms with Gasteiger partial charge in [-0.15, -0.1) is 0 Å². The Kier molecular flexibility index (Phi) is 4.59. The minimum atomic E-state index is -0.354. The van der Waals surface area contributed by atoms with E-state index in [0.717, 1.165) is 13.1 Å². The number of rotatable bonds is 4. The molecule has 0 amide bonds. The minimum absolute atomic E-state index is 0.354. The smallest absolute Gasteiger partial charge is 0.341 e. The van der Waals surface area contributed by atoms with Gasteiger partial charge in [0.1, 0.15) is 11.3 Å².